The first-order valence-electron chi connectivity index (χ1n) is 11.6. The lowest BCUT2D eigenvalue weighted by atomic mass is 9.94. The van der Waals surface area contributed by atoms with Crippen molar-refractivity contribution in [2.24, 2.45) is 11.8 Å². The minimum Gasteiger partial charge on any atom is -0.482 e. The Labute approximate surface area is 201 Å². The maximum atomic E-state index is 13.3. The molecule has 0 unspecified atom stereocenters. The minimum atomic E-state index is -3.72. The summed E-state index contributed by atoms with van der Waals surface area (Å²) in [6, 6.07) is 4.54. The molecule has 3 rings (SSSR count). The van der Waals surface area contributed by atoms with Gasteiger partial charge in [-0.15, -0.1) is 0 Å². The smallest absolute Gasteiger partial charge is 0.265 e. The van der Waals surface area contributed by atoms with E-state index < -0.39 is 10.0 Å². The predicted molar refractivity (Wildman–Crippen MR) is 131 cm³/mol. The van der Waals surface area contributed by atoms with Gasteiger partial charge in [0.05, 0.1) is 10.6 Å². The van der Waals surface area contributed by atoms with Crippen molar-refractivity contribution in [3.05, 3.63) is 18.2 Å². The molecular formula is C23H35N3O5S2. The van der Waals surface area contributed by atoms with Crippen LogP contribution in [0.2, 0.25) is 0 Å². The molecule has 8 nitrogen and oxygen atoms in total. The van der Waals surface area contributed by atoms with Crippen molar-refractivity contribution < 1.29 is 22.7 Å². The number of nitrogens with zero attached hydrogens (tertiary/aromatic N) is 2. The summed E-state index contributed by atoms with van der Waals surface area (Å²) < 4.78 is 33.7. The van der Waals surface area contributed by atoms with Gasteiger partial charge in [-0.3, -0.25) is 14.5 Å². The van der Waals surface area contributed by atoms with E-state index in [0.717, 1.165) is 30.8 Å². The summed E-state index contributed by atoms with van der Waals surface area (Å²) in [5, 5.41) is 2.85. The topological polar surface area (TPSA) is 96.0 Å². The second-order valence-electron chi connectivity index (χ2n) is 8.98. The molecule has 1 fully saturated rings. The second-order valence-corrected chi connectivity index (χ2v) is 12.1. The zero-order valence-electron chi connectivity index (χ0n) is 19.7. The van der Waals surface area contributed by atoms with E-state index in [1.165, 1.54) is 21.3 Å². The van der Waals surface area contributed by atoms with Crippen molar-refractivity contribution in [1.29, 1.82) is 0 Å². The summed E-state index contributed by atoms with van der Waals surface area (Å²) in [4.78, 5) is 26.5. The molecule has 0 radical (unpaired) electrons. The number of carbonyl (C=O) groups is 2. The normalized spacial score (nSPS) is 21.4. The van der Waals surface area contributed by atoms with E-state index in [0.29, 0.717) is 31.1 Å². The third kappa shape index (κ3) is 6.64. The van der Waals surface area contributed by atoms with E-state index >= 15 is 0 Å². The number of rotatable bonds is 10. The Morgan fingerprint density at radius 1 is 1.21 bits per heavy atom. The van der Waals surface area contributed by atoms with Crippen molar-refractivity contribution in [1.82, 2.24) is 9.62 Å². The van der Waals surface area contributed by atoms with Gasteiger partial charge in [0.1, 0.15) is 12.3 Å². The van der Waals surface area contributed by atoms with Crippen molar-refractivity contribution in [2.45, 2.75) is 44.9 Å². The monoisotopic (exact) mass is 497 g/mol. The third-order valence-electron chi connectivity index (χ3n) is 5.78. The standard InChI is InChI=1S/C23H35N3O5S2/c1-4-9-32-10-5-8-24-22(27)15-26-20-12-19(6-7-21(20)31-16-23(26)28)33(29,30)25-13-17(2)11-18(3)14-25/h6-7,12,17-18H,4-5,8-11,13-16H2,1-3H3,(H,24,27)/t17-,18-/m1/s1. The number of hydrogen-bond acceptors (Lipinski definition) is 6. The van der Waals surface area contributed by atoms with Crippen LogP contribution in [0.15, 0.2) is 23.1 Å². The lowest BCUT2D eigenvalue weighted by Gasteiger charge is -2.34. The highest BCUT2D eigenvalue weighted by Gasteiger charge is 2.34. The molecule has 0 aromatic heterocycles. The first-order chi connectivity index (χ1) is 15.7. The summed E-state index contributed by atoms with van der Waals surface area (Å²) in [6.07, 6.45) is 2.99. The summed E-state index contributed by atoms with van der Waals surface area (Å²) in [5.41, 5.74) is 0.319. The second kappa shape index (κ2) is 11.6. The first-order valence-corrected chi connectivity index (χ1v) is 14.2. The van der Waals surface area contributed by atoms with Gasteiger partial charge in [-0.2, -0.15) is 16.1 Å². The van der Waals surface area contributed by atoms with E-state index in [1.807, 2.05) is 11.8 Å². The number of fused-ring (bicyclic) bond motifs is 1. The van der Waals surface area contributed by atoms with Crippen LogP contribution in [0, 0.1) is 11.8 Å². The maximum absolute atomic E-state index is 13.3. The van der Waals surface area contributed by atoms with Gasteiger partial charge in [0.15, 0.2) is 6.61 Å². The fourth-order valence-electron chi connectivity index (χ4n) is 4.31. The highest BCUT2D eigenvalue weighted by atomic mass is 32.2. The molecule has 1 aromatic carbocycles. The highest BCUT2D eigenvalue weighted by Crippen LogP contribution is 2.36. The molecule has 0 aliphatic carbocycles. The van der Waals surface area contributed by atoms with Gasteiger partial charge in [-0.05, 0) is 60.8 Å². The summed E-state index contributed by atoms with van der Waals surface area (Å²) in [6.45, 7) is 7.39. The van der Waals surface area contributed by atoms with Gasteiger partial charge < -0.3 is 10.1 Å². The fourth-order valence-corrected chi connectivity index (χ4v) is 6.86. The number of sulfonamides is 1. The third-order valence-corrected chi connectivity index (χ3v) is 8.89. The van der Waals surface area contributed by atoms with E-state index in [9.17, 15) is 18.0 Å². The van der Waals surface area contributed by atoms with Crippen LogP contribution in [0.4, 0.5) is 5.69 Å². The molecule has 2 aliphatic heterocycles. The molecule has 0 bridgehead atoms. The Bertz CT molecular complexity index is 943. The Morgan fingerprint density at radius 3 is 2.64 bits per heavy atom. The molecule has 33 heavy (non-hydrogen) atoms. The lowest BCUT2D eigenvalue weighted by Crippen LogP contribution is -2.45. The molecule has 1 saturated heterocycles. The van der Waals surface area contributed by atoms with Crippen LogP contribution in [0.1, 0.15) is 40.0 Å². The average Bonchev–Trinajstić information content (AvgIpc) is 2.77. The predicted octanol–water partition coefficient (Wildman–Crippen LogP) is 2.73. The largest absolute Gasteiger partial charge is 0.482 e. The van der Waals surface area contributed by atoms with Crippen LogP contribution < -0.4 is 15.0 Å². The quantitative estimate of drug-likeness (QED) is 0.500. The van der Waals surface area contributed by atoms with Crippen LogP contribution in [-0.4, -0.2) is 68.8 Å². The molecule has 2 aliphatic rings. The van der Waals surface area contributed by atoms with E-state index in [4.69, 9.17) is 4.74 Å². The van der Waals surface area contributed by atoms with Gasteiger partial charge in [0.2, 0.25) is 15.9 Å². The van der Waals surface area contributed by atoms with Gasteiger partial charge in [0.25, 0.3) is 5.91 Å². The van der Waals surface area contributed by atoms with Crippen LogP contribution in [-0.2, 0) is 19.6 Å². The first kappa shape index (κ1) is 25.8. The number of piperidine rings is 1. The molecule has 2 atom stereocenters. The van der Waals surface area contributed by atoms with Crippen LogP contribution >= 0.6 is 11.8 Å². The molecule has 2 amide bonds. The lowest BCUT2D eigenvalue weighted by molar-refractivity contribution is -0.125. The molecule has 0 saturated carbocycles. The van der Waals surface area contributed by atoms with Gasteiger partial charge >= 0.3 is 0 Å². The summed E-state index contributed by atoms with van der Waals surface area (Å²) in [5.74, 6) is 2.40. The number of nitrogens with one attached hydrogen (secondary N) is 1. The average molecular weight is 498 g/mol. The van der Waals surface area contributed by atoms with Crippen LogP contribution in [0.5, 0.6) is 5.75 Å². The number of carbonyl (C=O) groups excluding carboxylic acids is 2. The van der Waals surface area contributed by atoms with Crippen LogP contribution in [0.25, 0.3) is 0 Å². The Kier molecular flexibility index (Phi) is 9.06. The Balaban J connectivity index is 1.72. The SMILES string of the molecule is CCCSCCCNC(=O)CN1C(=O)COc2ccc(S(=O)(=O)N3C[C@H](C)C[C@@H](C)C3)cc21. The Hall–Kier alpha value is -1.78. The molecular weight excluding hydrogens is 462 g/mol. The number of hydrogen-bond donors (Lipinski definition) is 1. The molecule has 1 aromatic rings. The maximum Gasteiger partial charge on any atom is 0.265 e. The number of amides is 2. The van der Waals surface area contributed by atoms with Gasteiger partial charge in [-0.25, -0.2) is 8.42 Å². The van der Waals surface area contributed by atoms with Crippen molar-refractivity contribution in [2.75, 3.05) is 49.2 Å². The van der Waals surface area contributed by atoms with Crippen molar-refractivity contribution >= 4 is 39.3 Å². The molecule has 184 valence electrons. The molecule has 10 heteroatoms. The van der Waals surface area contributed by atoms with Crippen LogP contribution in [0.3, 0.4) is 0 Å². The zero-order chi connectivity index (χ0) is 24.0. The fraction of sp³-hybridized carbons (Fsp3) is 0.652. The van der Waals surface area contributed by atoms with E-state index in [-0.39, 0.29) is 41.7 Å². The molecule has 0 spiro atoms. The van der Waals surface area contributed by atoms with Gasteiger partial charge in [-0.1, -0.05) is 20.8 Å². The summed E-state index contributed by atoms with van der Waals surface area (Å²) in [7, 11) is -3.72. The highest BCUT2D eigenvalue weighted by molar-refractivity contribution is 7.99. The zero-order valence-corrected chi connectivity index (χ0v) is 21.3. The van der Waals surface area contributed by atoms with E-state index in [2.05, 4.69) is 26.1 Å². The summed E-state index contributed by atoms with van der Waals surface area (Å²) >= 11 is 1.85. The molecule has 2 heterocycles. The minimum absolute atomic E-state index is 0.110. The number of benzene rings is 1. The van der Waals surface area contributed by atoms with Crippen molar-refractivity contribution in [3.63, 3.8) is 0 Å². The number of thioether (sulfide) groups is 1. The van der Waals surface area contributed by atoms with Gasteiger partial charge in [0, 0.05) is 19.6 Å². The van der Waals surface area contributed by atoms with E-state index in [1.54, 1.807) is 6.07 Å². The van der Waals surface area contributed by atoms with Crippen molar-refractivity contribution in [3.8, 4) is 5.75 Å². The number of ether oxygens (including phenoxy) is 1. The molecule has 1 N–H and O–H groups in total. The Morgan fingerprint density at radius 2 is 1.94 bits per heavy atom. The number of anilines is 1.